The van der Waals surface area contributed by atoms with Crippen molar-refractivity contribution in [1.82, 2.24) is 9.88 Å². The summed E-state index contributed by atoms with van der Waals surface area (Å²) in [4.78, 5) is 31.4. The van der Waals surface area contributed by atoms with Gasteiger partial charge < -0.3 is 15.7 Å². The van der Waals surface area contributed by atoms with Gasteiger partial charge in [0, 0.05) is 25.3 Å². The number of aromatic nitrogens is 1. The van der Waals surface area contributed by atoms with E-state index in [-0.39, 0.29) is 0 Å². The molecule has 118 valence electrons. The lowest BCUT2D eigenvalue weighted by Crippen LogP contribution is -2.55. The first-order valence-corrected chi connectivity index (χ1v) is 7.48. The third-order valence-electron chi connectivity index (χ3n) is 4.53. The van der Waals surface area contributed by atoms with Gasteiger partial charge in [0.25, 0.3) is 5.91 Å². The minimum Gasteiger partial charge on any atom is -0.480 e. The molecule has 1 aromatic heterocycles. The zero-order valence-corrected chi connectivity index (χ0v) is 12.6. The average molecular weight is 304 g/mol. The number of piperazine rings is 1. The highest BCUT2D eigenvalue weighted by molar-refractivity contribution is 5.98. The molecule has 1 amide bonds. The van der Waals surface area contributed by atoms with Crippen molar-refractivity contribution < 1.29 is 14.7 Å². The first kappa shape index (κ1) is 14.8. The van der Waals surface area contributed by atoms with E-state index in [0.29, 0.717) is 31.0 Å². The van der Waals surface area contributed by atoms with Gasteiger partial charge in [-0.15, -0.1) is 0 Å². The summed E-state index contributed by atoms with van der Waals surface area (Å²) in [6.07, 6.45) is 2.85. The number of pyridine rings is 1. The smallest absolute Gasteiger partial charge is 0.322 e. The molecule has 0 aromatic carbocycles. The Morgan fingerprint density at radius 1 is 1.36 bits per heavy atom. The maximum Gasteiger partial charge on any atom is 0.322 e. The number of rotatable bonds is 3. The van der Waals surface area contributed by atoms with Crippen LogP contribution in [0.15, 0.2) is 6.07 Å². The van der Waals surface area contributed by atoms with Crippen LogP contribution >= 0.6 is 0 Å². The van der Waals surface area contributed by atoms with Crippen molar-refractivity contribution >= 4 is 17.7 Å². The van der Waals surface area contributed by atoms with Gasteiger partial charge in [0.1, 0.15) is 11.9 Å². The van der Waals surface area contributed by atoms with Gasteiger partial charge in [0.05, 0.1) is 5.56 Å². The van der Waals surface area contributed by atoms with Gasteiger partial charge in [-0.3, -0.25) is 14.5 Å². The van der Waals surface area contributed by atoms with E-state index in [1.165, 1.54) is 0 Å². The first-order valence-electron chi connectivity index (χ1n) is 7.48. The lowest BCUT2D eigenvalue weighted by Gasteiger charge is -2.38. The number of nitrogens with zero attached hydrogens (tertiary/aromatic N) is 3. The minimum absolute atomic E-state index is 0.303. The van der Waals surface area contributed by atoms with Crippen molar-refractivity contribution in [1.29, 1.82) is 0 Å². The molecule has 1 aromatic rings. The van der Waals surface area contributed by atoms with Crippen molar-refractivity contribution in [3.05, 3.63) is 22.9 Å². The Morgan fingerprint density at radius 3 is 2.82 bits per heavy atom. The van der Waals surface area contributed by atoms with Crippen LogP contribution in [-0.2, 0) is 17.6 Å². The summed E-state index contributed by atoms with van der Waals surface area (Å²) in [6.45, 7) is 1.54. The third kappa shape index (κ3) is 2.52. The molecule has 22 heavy (non-hydrogen) atoms. The van der Waals surface area contributed by atoms with Gasteiger partial charge in [-0.05, 0) is 37.9 Å². The van der Waals surface area contributed by atoms with Crippen LogP contribution in [0.1, 0.15) is 28.0 Å². The van der Waals surface area contributed by atoms with Crippen LogP contribution in [-0.4, -0.2) is 59.6 Å². The average Bonchev–Trinajstić information content (AvgIpc) is 2.93. The molecule has 0 unspecified atom stereocenters. The standard InChI is InChI=1S/C15H20N4O3/c1-18-5-6-19(8-12(18)15(21)22)14-10(13(16)20)7-9-3-2-4-11(9)17-14/h7,12H,2-6,8H2,1H3,(H2,16,20)(H,21,22)/t12-/m0/s1. The summed E-state index contributed by atoms with van der Waals surface area (Å²) in [5, 5.41) is 9.33. The van der Waals surface area contributed by atoms with Crippen LogP contribution in [0.5, 0.6) is 0 Å². The van der Waals surface area contributed by atoms with E-state index in [2.05, 4.69) is 4.98 Å². The largest absolute Gasteiger partial charge is 0.480 e. The second-order valence-corrected chi connectivity index (χ2v) is 5.96. The van der Waals surface area contributed by atoms with Gasteiger partial charge in [0.15, 0.2) is 0 Å². The van der Waals surface area contributed by atoms with Crippen LogP contribution in [0.3, 0.4) is 0 Å². The summed E-state index contributed by atoms with van der Waals surface area (Å²) in [6, 6.07) is 1.23. The molecule has 1 aliphatic heterocycles. The predicted octanol–water partition coefficient (Wildman–Crippen LogP) is -0.126. The lowest BCUT2D eigenvalue weighted by molar-refractivity contribution is -0.142. The molecule has 1 aliphatic carbocycles. The second kappa shape index (κ2) is 5.57. The predicted molar refractivity (Wildman–Crippen MR) is 81.0 cm³/mol. The number of anilines is 1. The summed E-state index contributed by atoms with van der Waals surface area (Å²) in [5.74, 6) is -0.843. The minimum atomic E-state index is -0.867. The molecule has 7 heteroatoms. The maximum absolute atomic E-state index is 11.8. The quantitative estimate of drug-likeness (QED) is 0.807. The van der Waals surface area contributed by atoms with Crippen molar-refractivity contribution in [2.45, 2.75) is 25.3 Å². The Morgan fingerprint density at radius 2 is 2.14 bits per heavy atom. The zero-order valence-electron chi connectivity index (χ0n) is 12.6. The fraction of sp³-hybridized carbons (Fsp3) is 0.533. The maximum atomic E-state index is 11.8. The van der Waals surface area contributed by atoms with Gasteiger partial charge in [0.2, 0.25) is 0 Å². The van der Waals surface area contributed by atoms with E-state index in [1.54, 1.807) is 11.9 Å². The number of carboxylic acid groups (broad SMARTS) is 1. The Hall–Kier alpha value is -2.15. The van der Waals surface area contributed by atoms with Crippen molar-refractivity contribution in [3.63, 3.8) is 0 Å². The van der Waals surface area contributed by atoms with Crippen LogP contribution < -0.4 is 10.6 Å². The number of amides is 1. The summed E-state index contributed by atoms with van der Waals surface area (Å²) < 4.78 is 0. The molecule has 0 saturated carbocycles. The Balaban J connectivity index is 1.97. The molecule has 3 N–H and O–H groups in total. The summed E-state index contributed by atoms with van der Waals surface area (Å²) >= 11 is 0. The monoisotopic (exact) mass is 304 g/mol. The molecular formula is C15H20N4O3. The van der Waals surface area contributed by atoms with Crippen LogP contribution in [0, 0.1) is 0 Å². The Bertz CT molecular complexity index is 631. The number of fused-ring (bicyclic) bond motifs is 1. The number of hydrogen-bond donors (Lipinski definition) is 2. The van der Waals surface area contributed by atoms with Crippen LogP contribution in [0.25, 0.3) is 0 Å². The third-order valence-corrected chi connectivity index (χ3v) is 4.53. The van der Waals surface area contributed by atoms with E-state index in [4.69, 9.17) is 5.73 Å². The van der Waals surface area contributed by atoms with Gasteiger partial charge >= 0.3 is 5.97 Å². The molecule has 0 bridgehead atoms. The molecule has 7 nitrogen and oxygen atoms in total. The fourth-order valence-corrected chi connectivity index (χ4v) is 3.22. The number of carbonyl (C=O) groups is 2. The number of nitrogens with two attached hydrogens (primary N) is 1. The van der Waals surface area contributed by atoms with Crippen molar-refractivity contribution in [2.75, 3.05) is 31.6 Å². The fourth-order valence-electron chi connectivity index (χ4n) is 3.22. The molecular weight excluding hydrogens is 284 g/mol. The van der Waals surface area contributed by atoms with E-state index in [9.17, 15) is 14.7 Å². The van der Waals surface area contributed by atoms with Gasteiger partial charge in [-0.1, -0.05) is 0 Å². The van der Waals surface area contributed by atoms with E-state index in [0.717, 1.165) is 30.5 Å². The summed E-state index contributed by atoms with van der Waals surface area (Å²) in [7, 11) is 1.79. The Kier molecular flexibility index (Phi) is 3.74. The SMILES string of the molecule is CN1CCN(c2nc3c(cc2C(N)=O)CCC3)C[C@H]1C(=O)O. The van der Waals surface area contributed by atoms with Gasteiger partial charge in [-0.2, -0.15) is 0 Å². The van der Waals surface area contributed by atoms with Crippen molar-refractivity contribution in [3.8, 4) is 0 Å². The molecule has 0 spiro atoms. The normalized spacial score (nSPS) is 21.7. The van der Waals surface area contributed by atoms with E-state index in [1.807, 2.05) is 11.0 Å². The highest BCUT2D eigenvalue weighted by Gasteiger charge is 2.32. The molecule has 3 rings (SSSR count). The van der Waals surface area contributed by atoms with Crippen molar-refractivity contribution in [2.24, 2.45) is 5.73 Å². The topological polar surface area (TPSA) is 99.8 Å². The number of primary amides is 1. The number of likely N-dealkylation sites (N-methyl/N-ethyl adjacent to an activating group) is 1. The second-order valence-electron chi connectivity index (χ2n) is 5.96. The number of carbonyl (C=O) groups excluding carboxylic acids is 1. The number of aryl methyl sites for hydroxylation is 2. The molecule has 2 heterocycles. The van der Waals surface area contributed by atoms with E-state index < -0.39 is 17.9 Å². The molecule has 2 aliphatic rings. The molecule has 0 radical (unpaired) electrons. The van der Waals surface area contributed by atoms with Crippen LogP contribution in [0.4, 0.5) is 5.82 Å². The molecule has 1 fully saturated rings. The lowest BCUT2D eigenvalue weighted by atomic mass is 10.1. The van der Waals surface area contributed by atoms with Gasteiger partial charge in [-0.25, -0.2) is 4.98 Å². The summed E-state index contributed by atoms with van der Waals surface area (Å²) in [5.41, 5.74) is 7.99. The first-order chi connectivity index (χ1) is 10.5. The highest BCUT2D eigenvalue weighted by atomic mass is 16.4. The number of aliphatic carboxylic acids is 1. The highest BCUT2D eigenvalue weighted by Crippen LogP contribution is 2.28. The van der Waals surface area contributed by atoms with E-state index >= 15 is 0 Å². The number of carboxylic acids is 1. The number of hydrogen-bond acceptors (Lipinski definition) is 5. The Labute approximate surface area is 128 Å². The van der Waals surface area contributed by atoms with Crippen LogP contribution in [0.2, 0.25) is 0 Å². The molecule has 1 saturated heterocycles. The zero-order chi connectivity index (χ0) is 15.9. The molecule has 1 atom stereocenters.